The minimum absolute atomic E-state index is 0.0450. The molecule has 0 aliphatic carbocycles. The summed E-state index contributed by atoms with van der Waals surface area (Å²) in [6.07, 6.45) is 0.341. The molecule has 0 saturated heterocycles. The molecule has 0 aliphatic heterocycles. The Labute approximate surface area is 107 Å². The normalized spacial score (nSPS) is 12.1. The SMILES string of the molecule is Cc1cccc([C@@H](CC(N)=O)c2ccccc2)c1. The summed E-state index contributed by atoms with van der Waals surface area (Å²) in [5.41, 5.74) is 8.83. The maximum absolute atomic E-state index is 11.3. The third kappa shape index (κ3) is 2.98. The number of carbonyl (C=O) groups is 1. The molecule has 2 aromatic rings. The summed E-state index contributed by atoms with van der Waals surface area (Å²) in [6, 6.07) is 18.2. The molecule has 0 aromatic heterocycles. The van der Waals surface area contributed by atoms with Crippen LogP contribution in [0.15, 0.2) is 54.6 Å². The van der Waals surface area contributed by atoms with Crippen LogP contribution in [0, 0.1) is 6.92 Å². The summed E-state index contributed by atoms with van der Waals surface area (Å²) in [7, 11) is 0. The summed E-state index contributed by atoms with van der Waals surface area (Å²) in [4.78, 5) is 11.3. The first-order chi connectivity index (χ1) is 8.66. The van der Waals surface area contributed by atoms with E-state index < -0.39 is 0 Å². The van der Waals surface area contributed by atoms with Gasteiger partial charge in [0.05, 0.1) is 0 Å². The minimum Gasteiger partial charge on any atom is -0.370 e. The van der Waals surface area contributed by atoms with Gasteiger partial charge >= 0.3 is 0 Å². The highest BCUT2D eigenvalue weighted by molar-refractivity contribution is 5.75. The number of hydrogen-bond donors (Lipinski definition) is 1. The summed E-state index contributed by atoms with van der Waals surface area (Å²) in [6.45, 7) is 2.05. The zero-order valence-electron chi connectivity index (χ0n) is 10.5. The first-order valence-electron chi connectivity index (χ1n) is 6.06. The lowest BCUT2D eigenvalue weighted by molar-refractivity contribution is -0.118. The van der Waals surface area contributed by atoms with E-state index in [1.165, 1.54) is 5.56 Å². The Balaban J connectivity index is 2.40. The van der Waals surface area contributed by atoms with Gasteiger partial charge in [-0.3, -0.25) is 4.79 Å². The van der Waals surface area contributed by atoms with E-state index >= 15 is 0 Å². The Kier molecular flexibility index (Phi) is 3.78. The Morgan fingerprint density at radius 3 is 2.33 bits per heavy atom. The van der Waals surface area contributed by atoms with Crippen LogP contribution in [-0.2, 0) is 4.79 Å². The van der Waals surface area contributed by atoms with E-state index in [1.54, 1.807) is 0 Å². The monoisotopic (exact) mass is 239 g/mol. The molecule has 0 saturated carbocycles. The van der Waals surface area contributed by atoms with E-state index in [4.69, 9.17) is 5.73 Å². The molecule has 2 N–H and O–H groups in total. The van der Waals surface area contributed by atoms with Gasteiger partial charge in [-0.05, 0) is 18.1 Å². The van der Waals surface area contributed by atoms with Gasteiger partial charge in [-0.15, -0.1) is 0 Å². The van der Waals surface area contributed by atoms with Gasteiger partial charge in [0.1, 0.15) is 0 Å². The second kappa shape index (κ2) is 5.50. The van der Waals surface area contributed by atoms with Crippen molar-refractivity contribution in [2.45, 2.75) is 19.3 Å². The standard InChI is InChI=1S/C16H17NO/c1-12-6-5-9-14(10-12)15(11-16(17)18)13-7-3-2-4-8-13/h2-10,15H,11H2,1H3,(H2,17,18)/t15-/m0/s1. The van der Waals surface area contributed by atoms with Crippen molar-refractivity contribution < 1.29 is 4.79 Å². The number of amides is 1. The van der Waals surface area contributed by atoms with E-state index in [0.717, 1.165) is 11.1 Å². The van der Waals surface area contributed by atoms with E-state index in [1.807, 2.05) is 42.5 Å². The summed E-state index contributed by atoms with van der Waals surface area (Å²) >= 11 is 0. The number of nitrogens with two attached hydrogens (primary N) is 1. The van der Waals surface area contributed by atoms with Gasteiger partial charge in [-0.1, -0.05) is 60.2 Å². The number of benzene rings is 2. The highest BCUT2D eigenvalue weighted by Gasteiger charge is 2.16. The van der Waals surface area contributed by atoms with Gasteiger partial charge in [0.15, 0.2) is 0 Å². The smallest absolute Gasteiger partial charge is 0.218 e. The zero-order valence-corrected chi connectivity index (χ0v) is 10.5. The molecule has 2 rings (SSSR count). The molecule has 0 bridgehead atoms. The van der Waals surface area contributed by atoms with E-state index in [2.05, 4.69) is 19.1 Å². The molecule has 18 heavy (non-hydrogen) atoms. The molecular weight excluding hydrogens is 222 g/mol. The lowest BCUT2D eigenvalue weighted by Gasteiger charge is -2.16. The predicted octanol–water partition coefficient (Wildman–Crippen LogP) is 3.00. The summed E-state index contributed by atoms with van der Waals surface area (Å²) in [5.74, 6) is -0.228. The van der Waals surface area contributed by atoms with Crippen LogP contribution >= 0.6 is 0 Å². The van der Waals surface area contributed by atoms with Crippen molar-refractivity contribution in [1.82, 2.24) is 0 Å². The Morgan fingerprint density at radius 2 is 1.72 bits per heavy atom. The van der Waals surface area contributed by atoms with Crippen molar-refractivity contribution >= 4 is 5.91 Å². The molecule has 1 atom stereocenters. The van der Waals surface area contributed by atoms with Crippen molar-refractivity contribution in [2.75, 3.05) is 0 Å². The zero-order chi connectivity index (χ0) is 13.0. The van der Waals surface area contributed by atoms with Gasteiger partial charge in [0.25, 0.3) is 0 Å². The molecule has 0 unspecified atom stereocenters. The molecule has 0 fully saturated rings. The van der Waals surface area contributed by atoms with Crippen LogP contribution in [0.2, 0.25) is 0 Å². The van der Waals surface area contributed by atoms with Gasteiger partial charge < -0.3 is 5.73 Å². The fourth-order valence-electron chi connectivity index (χ4n) is 2.20. The average molecular weight is 239 g/mol. The molecule has 0 aliphatic rings. The number of rotatable bonds is 4. The van der Waals surface area contributed by atoms with Crippen molar-refractivity contribution in [3.63, 3.8) is 0 Å². The lowest BCUT2D eigenvalue weighted by atomic mass is 9.88. The van der Waals surface area contributed by atoms with Crippen LogP contribution in [-0.4, -0.2) is 5.91 Å². The fraction of sp³-hybridized carbons (Fsp3) is 0.188. The Bertz CT molecular complexity index is 534. The van der Waals surface area contributed by atoms with Crippen molar-refractivity contribution in [3.05, 3.63) is 71.3 Å². The molecule has 0 radical (unpaired) electrons. The number of carbonyl (C=O) groups excluding carboxylic acids is 1. The van der Waals surface area contributed by atoms with Crippen LogP contribution in [0.5, 0.6) is 0 Å². The van der Waals surface area contributed by atoms with E-state index in [9.17, 15) is 4.79 Å². The Morgan fingerprint density at radius 1 is 1.06 bits per heavy atom. The van der Waals surface area contributed by atoms with Crippen LogP contribution in [0.1, 0.15) is 29.0 Å². The topological polar surface area (TPSA) is 43.1 Å². The molecule has 2 aromatic carbocycles. The summed E-state index contributed by atoms with van der Waals surface area (Å²) < 4.78 is 0. The highest BCUT2D eigenvalue weighted by Crippen LogP contribution is 2.28. The first-order valence-corrected chi connectivity index (χ1v) is 6.06. The average Bonchev–Trinajstić information content (AvgIpc) is 2.37. The lowest BCUT2D eigenvalue weighted by Crippen LogP contribution is -2.16. The quantitative estimate of drug-likeness (QED) is 0.875. The molecular formula is C16H17NO. The van der Waals surface area contributed by atoms with Crippen LogP contribution in [0.25, 0.3) is 0 Å². The first kappa shape index (κ1) is 12.4. The van der Waals surface area contributed by atoms with E-state index in [0.29, 0.717) is 6.42 Å². The van der Waals surface area contributed by atoms with E-state index in [-0.39, 0.29) is 11.8 Å². The second-order valence-electron chi connectivity index (χ2n) is 4.55. The highest BCUT2D eigenvalue weighted by atomic mass is 16.1. The predicted molar refractivity (Wildman–Crippen MR) is 73.3 cm³/mol. The third-order valence-electron chi connectivity index (χ3n) is 3.05. The molecule has 92 valence electrons. The van der Waals surface area contributed by atoms with Crippen LogP contribution in [0.4, 0.5) is 0 Å². The third-order valence-corrected chi connectivity index (χ3v) is 3.05. The van der Waals surface area contributed by atoms with Crippen molar-refractivity contribution in [1.29, 1.82) is 0 Å². The fourth-order valence-corrected chi connectivity index (χ4v) is 2.20. The maximum atomic E-state index is 11.3. The number of aryl methyl sites for hydroxylation is 1. The van der Waals surface area contributed by atoms with Gasteiger partial charge in [-0.25, -0.2) is 0 Å². The van der Waals surface area contributed by atoms with Crippen molar-refractivity contribution in [3.8, 4) is 0 Å². The van der Waals surface area contributed by atoms with Crippen LogP contribution in [0.3, 0.4) is 0 Å². The summed E-state index contributed by atoms with van der Waals surface area (Å²) in [5, 5.41) is 0. The molecule has 0 heterocycles. The van der Waals surface area contributed by atoms with Crippen LogP contribution < -0.4 is 5.73 Å². The maximum Gasteiger partial charge on any atom is 0.218 e. The molecule has 2 nitrogen and oxygen atoms in total. The number of hydrogen-bond acceptors (Lipinski definition) is 1. The van der Waals surface area contributed by atoms with Gasteiger partial charge in [0.2, 0.25) is 5.91 Å². The molecule has 2 heteroatoms. The largest absolute Gasteiger partial charge is 0.370 e. The second-order valence-corrected chi connectivity index (χ2v) is 4.55. The molecule has 1 amide bonds. The number of primary amides is 1. The minimum atomic E-state index is -0.273. The van der Waals surface area contributed by atoms with Gasteiger partial charge in [0, 0.05) is 12.3 Å². The van der Waals surface area contributed by atoms with Crippen molar-refractivity contribution in [2.24, 2.45) is 5.73 Å². The Hall–Kier alpha value is -2.09. The molecule has 0 spiro atoms. The van der Waals surface area contributed by atoms with Gasteiger partial charge in [-0.2, -0.15) is 0 Å².